The Morgan fingerprint density at radius 2 is 1.23 bits per heavy atom. The second-order valence-corrected chi connectivity index (χ2v) is 18.9. The van der Waals surface area contributed by atoms with Crippen molar-refractivity contribution in [2.45, 2.75) is 19.6 Å². The topological polar surface area (TPSA) is 387 Å². The molecule has 0 aromatic heterocycles. The molecule has 0 saturated heterocycles. The molecular weight excluding hydrogens is 935 g/mol. The Labute approximate surface area is 347 Å². The number of anilines is 1. The number of aromatic hydroxyl groups is 1. The highest BCUT2D eigenvalue weighted by molar-refractivity contribution is 7.94. The molecule has 0 heterocycles. The molecule has 328 valence electrons. The molecule has 0 saturated carbocycles. The van der Waals surface area contributed by atoms with E-state index in [1.165, 1.54) is 26.4 Å². The lowest BCUT2D eigenvalue weighted by molar-refractivity contribution is -0.434. The van der Waals surface area contributed by atoms with E-state index in [4.69, 9.17) is 34.5 Å². The van der Waals surface area contributed by atoms with Crippen molar-refractivity contribution < 1.29 is 95.0 Å². The van der Waals surface area contributed by atoms with Gasteiger partial charge < -0.3 is 20.3 Å². The van der Waals surface area contributed by atoms with E-state index < -0.39 is 103 Å². The van der Waals surface area contributed by atoms with E-state index in [9.17, 15) is 43.3 Å². The fourth-order valence-electron chi connectivity index (χ4n) is 4.81. The second kappa shape index (κ2) is 20.5. The summed E-state index contributed by atoms with van der Waals surface area (Å²) in [5.74, 6) is -2.51. The number of rotatable bonds is 22. The first kappa shape index (κ1) is 48.3. The van der Waals surface area contributed by atoms with Crippen LogP contribution in [0.25, 0.3) is 10.8 Å². The average molecular weight is 964 g/mol. The number of benzene rings is 4. The van der Waals surface area contributed by atoms with Crippen molar-refractivity contribution in [2.75, 3.05) is 44.7 Å². The van der Waals surface area contributed by atoms with Crippen LogP contribution in [0, 0.1) is 0 Å². The van der Waals surface area contributed by atoms with Crippen molar-refractivity contribution in [3.8, 4) is 17.2 Å². The maximum absolute atomic E-state index is 13.0. The number of methoxy groups -OCH3 is 2. The molecule has 0 aliphatic rings. The maximum atomic E-state index is 13.0. The van der Waals surface area contributed by atoms with E-state index in [0.717, 1.165) is 36.4 Å². The number of nitrogens with two attached hydrogens (primary N) is 1. The van der Waals surface area contributed by atoms with Gasteiger partial charge in [0.1, 0.15) is 39.1 Å². The van der Waals surface area contributed by atoms with Crippen LogP contribution in [0.2, 0.25) is 0 Å². The normalized spacial score (nSPS) is 12.8. The summed E-state index contributed by atoms with van der Waals surface area (Å²) in [5, 5.41) is 50.7. The zero-order valence-electron chi connectivity index (χ0n) is 30.0. The van der Waals surface area contributed by atoms with Crippen molar-refractivity contribution in [2.24, 2.45) is 20.5 Å². The highest BCUT2D eigenvalue weighted by Gasteiger charge is 2.26. The molecule has 0 spiro atoms. The molecule has 0 aliphatic heterocycles. The van der Waals surface area contributed by atoms with Crippen LogP contribution in [0.4, 0.5) is 28.4 Å². The number of fused-ring (bicyclic) bond motifs is 1. The molecule has 4 aromatic carbocycles. The van der Waals surface area contributed by atoms with Gasteiger partial charge in [0.2, 0.25) is 0 Å². The Balaban J connectivity index is 1.87. The number of hydrogen-bond donors (Lipinski definition) is 6. The minimum absolute atomic E-state index is 0.0128. The Kier molecular flexibility index (Phi) is 16.5. The summed E-state index contributed by atoms with van der Waals surface area (Å²) in [4.78, 5) is -1.99. The fourth-order valence-corrected chi connectivity index (χ4v) is 8.90. The summed E-state index contributed by atoms with van der Waals surface area (Å²) in [7, 11) is -16.2. The van der Waals surface area contributed by atoms with E-state index >= 15 is 0 Å². The monoisotopic (exact) mass is 963 g/mol. The molecule has 4 aromatic rings. The summed E-state index contributed by atoms with van der Waals surface area (Å²) >= 11 is 0.378. The van der Waals surface area contributed by atoms with Gasteiger partial charge in [-0.1, -0.05) is 10.1 Å². The molecule has 0 aliphatic carbocycles. The van der Waals surface area contributed by atoms with Crippen molar-refractivity contribution in [1.29, 1.82) is 0 Å². The van der Waals surface area contributed by atoms with E-state index in [2.05, 4.69) is 43.4 Å². The summed E-state index contributed by atoms with van der Waals surface area (Å²) in [6.07, 6.45) is 0. The quantitative estimate of drug-likeness (QED) is 0.0114. The largest absolute Gasteiger partial charge is 0.505 e. The average Bonchev–Trinajstić information content (AvgIpc) is 3.17. The van der Waals surface area contributed by atoms with E-state index in [1.54, 1.807) is 0 Å². The molecule has 7 N–H and O–H groups in total. The zero-order valence-corrected chi connectivity index (χ0v) is 34.9. The fraction of sp³-hybridized carbons (Fsp3) is 0.214. The van der Waals surface area contributed by atoms with Crippen LogP contribution < -0.4 is 15.2 Å². The zero-order chi connectivity index (χ0) is 44.5. The number of phenolic OH excluding ortho intramolecular Hbond substituents is 1. The molecule has 0 radical (unpaired) electrons. The Morgan fingerprint density at radius 3 is 1.73 bits per heavy atom. The van der Waals surface area contributed by atoms with Crippen LogP contribution in [0.15, 0.2) is 88.6 Å². The van der Waals surface area contributed by atoms with Gasteiger partial charge in [0, 0.05) is 0 Å². The maximum Gasteiger partial charge on any atom is 0.397 e. The predicted octanol–water partition coefficient (Wildman–Crippen LogP) is 5.02. The minimum atomic E-state index is -5.22. The molecule has 0 bridgehead atoms. The van der Waals surface area contributed by atoms with Gasteiger partial charge >= 0.3 is 10.4 Å². The van der Waals surface area contributed by atoms with Crippen LogP contribution in [-0.2, 0) is 67.3 Å². The first-order valence-corrected chi connectivity index (χ1v) is 23.0. The van der Waals surface area contributed by atoms with E-state index in [0.29, 0.717) is 0 Å². The summed E-state index contributed by atoms with van der Waals surface area (Å²) in [6, 6.07) is 8.47. The molecule has 60 heavy (non-hydrogen) atoms. The molecule has 0 unspecified atom stereocenters. The van der Waals surface area contributed by atoms with Crippen LogP contribution in [0.3, 0.4) is 0 Å². The smallest absolute Gasteiger partial charge is 0.397 e. The summed E-state index contributed by atoms with van der Waals surface area (Å²) < 4.78 is 145. The number of phenols is 1. The lowest BCUT2D eigenvalue weighted by atomic mass is 10.1. The highest BCUT2D eigenvalue weighted by atomic mass is 32.3. The van der Waals surface area contributed by atoms with Crippen molar-refractivity contribution in [1.82, 2.24) is 0 Å². The van der Waals surface area contributed by atoms with E-state index in [1.807, 2.05) is 0 Å². The highest BCUT2D eigenvalue weighted by Crippen LogP contribution is 2.50. The van der Waals surface area contributed by atoms with Crippen molar-refractivity contribution in [3.63, 3.8) is 0 Å². The first-order chi connectivity index (χ1) is 28.2. The predicted molar refractivity (Wildman–Crippen MR) is 205 cm³/mol. The third kappa shape index (κ3) is 12.4. The molecule has 4 rings (SSSR count). The van der Waals surface area contributed by atoms with Gasteiger partial charge in [0.15, 0.2) is 37.7 Å². The Bertz CT molecular complexity index is 2740. The summed E-state index contributed by atoms with van der Waals surface area (Å²) in [6.45, 7) is -1.38. The number of sulfone groups is 2. The number of ether oxygens (including phenoxy) is 2. The van der Waals surface area contributed by atoms with Crippen molar-refractivity contribution >= 4 is 104 Å². The molecule has 0 amide bonds. The number of hydrogen-bond acceptors (Lipinski definition) is 26. The number of nitrogen functional groups attached to an aromatic ring is 1. The lowest BCUT2D eigenvalue weighted by Gasteiger charge is -2.14. The van der Waals surface area contributed by atoms with Gasteiger partial charge in [0.25, 0.3) is 10.1 Å². The molecular formula is C28H29N5O21S6. The first-order valence-electron chi connectivity index (χ1n) is 15.4. The van der Waals surface area contributed by atoms with Crippen LogP contribution in [0.1, 0.15) is 0 Å². The third-order valence-electron chi connectivity index (χ3n) is 7.41. The SMILES string of the molecule is COc1ccc(S(=O)(=O)CCOS(=O)(=O)O)cc1/N=N/c1c(S(=O)(=O)O)cc2cc(SOOO)c(/N=N/c3cc(S(=O)(=O)CCOSOOO)ccc3OC)c(O)c2c1N. The third-order valence-corrected chi connectivity index (χ3v) is 13.1. The Hall–Kier alpha value is -4.36. The minimum Gasteiger partial charge on any atom is -0.505 e. The van der Waals surface area contributed by atoms with Crippen LogP contribution in [0.5, 0.6) is 17.2 Å². The van der Waals surface area contributed by atoms with Gasteiger partial charge in [-0.2, -0.15) is 16.8 Å². The van der Waals surface area contributed by atoms with Gasteiger partial charge in [0.05, 0.1) is 76.7 Å². The van der Waals surface area contributed by atoms with Crippen molar-refractivity contribution in [3.05, 3.63) is 48.5 Å². The molecule has 0 fully saturated rings. The molecule has 32 heteroatoms. The molecule has 26 nitrogen and oxygen atoms in total. The molecule has 0 atom stereocenters. The lowest BCUT2D eigenvalue weighted by Crippen LogP contribution is -2.15. The summed E-state index contributed by atoms with van der Waals surface area (Å²) in [5.41, 5.74) is 3.79. The van der Waals surface area contributed by atoms with Crippen LogP contribution >= 0.6 is 24.4 Å². The van der Waals surface area contributed by atoms with Gasteiger partial charge in [-0.05, 0) is 53.9 Å². The van der Waals surface area contributed by atoms with Gasteiger partial charge in [-0.15, -0.1) is 29.1 Å². The standard InChI is InChI=1S/C28H29N5O21S6/c1-47-20-5-3-16(57(37,38)9-7-49-56-54-52-36)13-18(20)30-32-26-22(55-53-51-35)11-15-12-23(59(41,42)43)27(25(29)24(15)28(26)34)33-31-19-14-17(4-6-21(19)48-2)58(39,40)10-8-50-60(44,45)46/h3-6,11-14,34-36H,7-10,29H2,1-2H3,(H,41,42,43)(H,44,45,46)/b32-30+,33-31+. The van der Waals surface area contributed by atoms with Gasteiger partial charge in [-0.3, -0.25) is 13.3 Å². The Morgan fingerprint density at radius 1 is 0.700 bits per heavy atom. The van der Waals surface area contributed by atoms with Gasteiger partial charge in [-0.25, -0.2) is 31.5 Å². The van der Waals surface area contributed by atoms with Crippen LogP contribution in [-0.4, -0.2) is 97.3 Å². The second-order valence-electron chi connectivity index (χ2n) is 11.0. The number of nitrogens with zero attached hydrogens (tertiary/aromatic N) is 4. The number of azo groups is 2. The van der Waals surface area contributed by atoms with E-state index in [-0.39, 0.29) is 62.4 Å².